The zero-order chi connectivity index (χ0) is 20.3. The van der Waals surface area contributed by atoms with Crippen LogP contribution in [0.25, 0.3) is 0 Å². The van der Waals surface area contributed by atoms with Gasteiger partial charge < -0.3 is 15.1 Å². The summed E-state index contributed by atoms with van der Waals surface area (Å²) in [4.78, 5) is 49.6. The molecule has 0 radical (unpaired) electrons. The first-order valence-corrected chi connectivity index (χ1v) is 9.20. The summed E-state index contributed by atoms with van der Waals surface area (Å²) in [5, 5.41) is 12.3. The maximum Gasteiger partial charge on any atom is 0.287 e. The van der Waals surface area contributed by atoms with Crippen molar-refractivity contribution in [1.29, 1.82) is 5.26 Å². The molecule has 2 fully saturated rings. The third-order valence-corrected chi connectivity index (χ3v) is 5.69. The van der Waals surface area contributed by atoms with Crippen LogP contribution in [0.2, 0.25) is 0 Å². The lowest BCUT2D eigenvalue weighted by Gasteiger charge is -2.30. The zero-order valence-electron chi connectivity index (χ0n) is 15.6. The molecular weight excluding hydrogens is 360 g/mol. The summed E-state index contributed by atoms with van der Waals surface area (Å²) in [5.41, 5.74) is 0.968. The molecule has 8 heteroatoms. The average Bonchev–Trinajstić information content (AvgIpc) is 3.33. The minimum atomic E-state index is -0.709. The number of likely N-dealkylation sites (tertiary alicyclic amines) is 2. The van der Waals surface area contributed by atoms with Crippen molar-refractivity contribution in [2.45, 2.75) is 43.7 Å². The number of hydrogen-bond donors (Lipinski definition) is 1. The van der Waals surface area contributed by atoms with Crippen LogP contribution >= 0.6 is 0 Å². The topological polar surface area (TPSA) is 111 Å². The number of aldehydes is 1. The summed E-state index contributed by atoms with van der Waals surface area (Å²) in [7, 11) is 0. The van der Waals surface area contributed by atoms with Gasteiger partial charge in [0.15, 0.2) is 0 Å². The minimum Gasteiger partial charge on any atom is -0.328 e. The van der Waals surface area contributed by atoms with Crippen molar-refractivity contribution in [3.8, 4) is 6.07 Å². The molecule has 2 aliphatic heterocycles. The zero-order valence-corrected chi connectivity index (χ0v) is 15.6. The molecule has 28 heavy (non-hydrogen) atoms. The molecule has 0 aliphatic carbocycles. The fraction of sp³-hybridized carbons (Fsp3) is 0.450. The number of carbonyl (C=O) groups excluding carboxylic acids is 4. The van der Waals surface area contributed by atoms with Gasteiger partial charge in [-0.15, -0.1) is 0 Å². The maximum absolute atomic E-state index is 13.2. The number of anilines is 1. The number of rotatable bonds is 5. The Hall–Kier alpha value is -3.21. The minimum absolute atomic E-state index is 0.225. The van der Waals surface area contributed by atoms with Gasteiger partial charge in [-0.3, -0.25) is 19.2 Å². The fourth-order valence-corrected chi connectivity index (χ4v) is 4.37. The number of benzene rings is 1. The summed E-state index contributed by atoms with van der Waals surface area (Å²) in [5.74, 6) is -1.00. The van der Waals surface area contributed by atoms with Crippen LogP contribution in [-0.2, 0) is 24.6 Å². The highest BCUT2D eigenvalue weighted by molar-refractivity contribution is 6.24. The third kappa shape index (κ3) is 3.36. The Kier molecular flexibility index (Phi) is 5.45. The van der Waals surface area contributed by atoms with E-state index in [0.29, 0.717) is 44.4 Å². The first-order valence-electron chi connectivity index (χ1n) is 9.20. The smallest absolute Gasteiger partial charge is 0.287 e. The Balaban J connectivity index is 1.89. The highest BCUT2D eigenvalue weighted by Gasteiger charge is 2.48. The average molecular weight is 382 g/mol. The lowest BCUT2D eigenvalue weighted by atomic mass is 9.79. The predicted molar refractivity (Wildman–Crippen MR) is 100 cm³/mol. The highest BCUT2D eigenvalue weighted by atomic mass is 16.2. The van der Waals surface area contributed by atoms with Gasteiger partial charge in [-0.2, -0.15) is 5.26 Å². The second-order valence-corrected chi connectivity index (χ2v) is 7.49. The molecule has 146 valence electrons. The summed E-state index contributed by atoms with van der Waals surface area (Å²) in [6.45, 7) is 2.61. The van der Waals surface area contributed by atoms with E-state index < -0.39 is 23.4 Å². The third-order valence-electron chi connectivity index (χ3n) is 5.69. The summed E-state index contributed by atoms with van der Waals surface area (Å²) >= 11 is 0. The molecule has 0 spiro atoms. The molecular formula is C20H22N4O4. The van der Waals surface area contributed by atoms with Crippen LogP contribution in [-0.4, -0.2) is 59.5 Å². The molecule has 0 bridgehead atoms. The molecule has 2 heterocycles. The molecule has 8 nitrogen and oxygen atoms in total. The second kappa shape index (κ2) is 7.80. The molecule has 1 N–H and O–H groups in total. The number of nitriles is 1. The van der Waals surface area contributed by atoms with E-state index in [1.54, 1.807) is 12.1 Å². The first-order chi connectivity index (χ1) is 13.4. The molecule has 2 aliphatic rings. The van der Waals surface area contributed by atoms with E-state index in [2.05, 4.69) is 11.4 Å². The first kappa shape index (κ1) is 19.5. The number of hydrogen-bond acceptors (Lipinski definition) is 5. The Morgan fingerprint density at radius 2 is 2.04 bits per heavy atom. The summed E-state index contributed by atoms with van der Waals surface area (Å²) < 4.78 is 0. The molecule has 3 unspecified atom stereocenters. The van der Waals surface area contributed by atoms with E-state index in [1.165, 1.54) is 9.80 Å². The number of nitrogens with one attached hydrogen (secondary N) is 1. The lowest BCUT2D eigenvalue weighted by molar-refractivity contribution is -0.146. The van der Waals surface area contributed by atoms with Crippen molar-refractivity contribution in [1.82, 2.24) is 9.80 Å². The summed E-state index contributed by atoms with van der Waals surface area (Å²) in [6.07, 6.45) is 2.37. The van der Waals surface area contributed by atoms with E-state index in [0.717, 1.165) is 5.56 Å². The van der Waals surface area contributed by atoms with Gasteiger partial charge in [0.2, 0.25) is 18.6 Å². The Morgan fingerprint density at radius 3 is 2.71 bits per heavy atom. The van der Waals surface area contributed by atoms with Gasteiger partial charge in [0, 0.05) is 24.2 Å². The number of nitrogens with zero attached hydrogens (tertiary/aromatic N) is 3. The largest absolute Gasteiger partial charge is 0.328 e. The Morgan fingerprint density at radius 1 is 1.29 bits per heavy atom. The lowest BCUT2D eigenvalue weighted by Crippen LogP contribution is -2.49. The van der Waals surface area contributed by atoms with E-state index >= 15 is 0 Å². The molecule has 1 aromatic rings. The molecule has 3 atom stereocenters. The van der Waals surface area contributed by atoms with Gasteiger partial charge in [-0.1, -0.05) is 25.1 Å². The van der Waals surface area contributed by atoms with Crippen LogP contribution in [0.4, 0.5) is 5.69 Å². The van der Waals surface area contributed by atoms with Gasteiger partial charge in [0.05, 0.1) is 6.07 Å². The van der Waals surface area contributed by atoms with Gasteiger partial charge in [0.25, 0.3) is 5.91 Å². The van der Waals surface area contributed by atoms with Crippen molar-refractivity contribution < 1.29 is 19.2 Å². The quantitative estimate of drug-likeness (QED) is 0.599. The number of para-hydroxylation sites is 1. The molecule has 0 saturated carbocycles. The standard InChI is InChI=1S/C20H22N4O4/c1-20(15-5-2-3-6-16(15)22-13-26)9-14(10-21)24(12-20)19(28)17-7-4-8-23(17)18(27)11-25/h2-3,5-6,11,13-14,17H,4,7-9,12H2,1H3,(H,22,26). The van der Waals surface area contributed by atoms with Crippen LogP contribution in [0, 0.1) is 11.3 Å². The molecule has 3 amide bonds. The van der Waals surface area contributed by atoms with Crippen LogP contribution < -0.4 is 5.32 Å². The van der Waals surface area contributed by atoms with Crippen molar-refractivity contribution in [2.75, 3.05) is 18.4 Å². The fourth-order valence-electron chi connectivity index (χ4n) is 4.37. The van der Waals surface area contributed by atoms with E-state index in [-0.39, 0.29) is 12.2 Å². The Labute approximate surface area is 163 Å². The highest BCUT2D eigenvalue weighted by Crippen LogP contribution is 2.41. The van der Waals surface area contributed by atoms with Gasteiger partial charge in [0.1, 0.15) is 12.1 Å². The number of carbonyl (C=O) groups is 4. The van der Waals surface area contributed by atoms with E-state index in [1.807, 2.05) is 19.1 Å². The van der Waals surface area contributed by atoms with Gasteiger partial charge in [-0.25, -0.2) is 0 Å². The molecule has 2 saturated heterocycles. The number of amides is 3. The molecule has 3 rings (SSSR count). The maximum atomic E-state index is 13.2. The van der Waals surface area contributed by atoms with E-state index in [4.69, 9.17) is 0 Å². The second-order valence-electron chi connectivity index (χ2n) is 7.49. The summed E-state index contributed by atoms with van der Waals surface area (Å²) in [6, 6.07) is 8.16. The van der Waals surface area contributed by atoms with Crippen molar-refractivity contribution >= 4 is 30.2 Å². The van der Waals surface area contributed by atoms with Gasteiger partial charge in [-0.05, 0) is 30.9 Å². The SMILES string of the molecule is CC1(c2ccccc2NC=O)CC(C#N)N(C(=O)C2CCCN2C(=O)C=O)C1. The van der Waals surface area contributed by atoms with Crippen molar-refractivity contribution in [2.24, 2.45) is 0 Å². The van der Waals surface area contributed by atoms with Crippen LogP contribution in [0.3, 0.4) is 0 Å². The van der Waals surface area contributed by atoms with E-state index in [9.17, 15) is 24.4 Å². The predicted octanol–water partition coefficient (Wildman–Crippen LogP) is 0.827. The Bertz CT molecular complexity index is 849. The van der Waals surface area contributed by atoms with Crippen molar-refractivity contribution in [3.63, 3.8) is 0 Å². The molecule has 1 aromatic carbocycles. The van der Waals surface area contributed by atoms with Gasteiger partial charge >= 0.3 is 0 Å². The molecule has 0 aromatic heterocycles. The van der Waals surface area contributed by atoms with Crippen LogP contribution in [0.1, 0.15) is 31.7 Å². The van der Waals surface area contributed by atoms with Crippen molar-refractivity contribution in [3.05, 3.63) is 29.8 Å². The van der Waals surface area contributed by atoms with Crippen LogP contribution in [0.15, 0.2) is 24.3 Å². The normalized spacial score (nSPS) is 26.6. The monoisotopic (exact) mass is 382 g/mol. The van der Waals surface area contributed by atoms with Crippen LogP contribution in [0.5, 0.6) is 0 Å².